The summed E-state index contributed by atoms with van der Waals surface area (Å²) in [5.74, 6) is 2.34. The van der Waals surface area contributed by atoms with Gasteiger partial charge in [-0.15, -0.1) is 0 Å². The molecule has 4 N–H and O–H groups in total. The Morgan fingerprint density at radius 2 is 1.08 bits per heavy atom. The molecule has 0 unspecified atom stereocenters. The number of unbranched alkanes of at least 4 members (excludes halogenated alkanes) is 1. The van der Waals surface area contributed by atoms with Crippen molar-refractivity contribution < 1.29 is 86.9 Å². The number of benzene rings is 6. The Bertz CT molecular complexity index is 3950. The topological polar surface area (TPSA) is 264 Å². The highest BCUT2D eigenvalue weighted by molar-refractivity contribution is 5.96. The van der Waals surface area contributed by atoms with E-state index >= 15 is 0 Å². The molecule has 0 bridgehead atoms. The van der Waals surface area contributed by atoms with Gasteiger partial charge in [-0.3, -0.25) is 9.67 Å². The molecule has 0 radical (unpaired) electrons. The van der Waals surface area contributed by atoms with Crippen LogP contribution in [0.2, 0.25) is 0 Å². The third-order valence-corrected chi connectivity index (χ3v) is 14.7. The highest BCUT2D eigenvalue weighted by Gasteiger charge is 2.26. The minimum absolute atomic E-state index is 0.0127. The van der Waals surface area contributed by atoms with Gasteiger partial charge in [0.05, 0.1) is 65.3 Å². The van der Waals surface area contributed by atoms with E-state index in [-0.39, 0.29) is 63.0 Å². The number of hydrogen-bond donors (Lipinski definition) is 4. The number of hydrogen-bond acceptors (Lipinski definition) is 17. The van der Waals surface area contributed by atoms with Crippen molar-refractivity contribution in [3.8, 4) is 85.6 Å². The van der Waals surface area contributed by atoms with Crippen LogP contribution in [-0.4, -0.2) is 102 Å². The van der Waals surface area contributed by atoms with Crippen LogP contribution >= 0.6 is 0 Å². The number of carbonyl (C=O) groups is 3. The second-order valence-electron chi connectivity index (χ2n) is 20.5. The summed E-state index contributed by atoms with van der Waals surface area (Å²) in [6.07, 6.45) is 10.6. The monoisotopic (exact) mass is 1230 g/mol. The van der Waals surface area contributed by atoms with Gasteiger partial charge in [-0.05, 0) is 78.6 Å². The molecule has 90 heavy (non-hydrogen) atoms. The molecule has 468 valence electrons. The number of rotatable bonds is 28. The van der Waals surface area contributed by atoms with Crippen LogP contribution < -0.4 is 52.1 Å². The Kier molecular flexibility index (Phi) is 21.5. The summed E-state index contributed by atoms with van der Waals surface area (Å²) < 4.78 is 64.5. The molecule has 2 aromatic heterocycles. The molecule has 0 saturated carbocycles. The first-order chi connectivity index (χ1) is 43.8. The van der Waals surface area contributed by atoms with Crippen LogP contribution in [0, 0.1) is 0 Å². The molecule has 21 nitrogen and oxygen atoms in total. The van der Waals surface area contributed by atoms with E-state index in [0.29, 0.717) is 127 Å². The number of aromatic carboxylic acids is 1. The van der Waals surface area contributed by atoms with E-state index in [4.69, 9.17) is 52.1 Å². The molecule has 0 atom stereocenters. The number of aromatic nitrogens is 3. The van der Waals surface area contributed by atoms with E-state index < -0.39 is 17.9 Å². The van der Waals surface area contributed by atoms with E-state index in [1.807, 2.05) is 48.0 Å². The lowest BCUT2D eigenvalue weighted by Gasteiger charge is -2.19. The first-order valence-electron chi connectivity index (χ1n) is 28.9. The van der Waals surface area contributed by atoms with E-state index in [0.717, 1.165) is 30.4 Å². The van der Waals surface area contributed by atoms with Crippen molar-refractivity contribution in [3.63, 3.8) is 0 Å². The zero-order valence-electron chi connectivity index (χ0n) is 50.6. The zero-order valence-corrected chi connectivity index (χ0v) is 50.6. The predicted octanol–water partition coefficient (Wildman–Crippen LogP) is 12.1. The number of fused-ring (bicyclic) bond motifs is 2. The summed E-state index contributed by atoms with van der Waals surface area (Å²) in [7, 11) is 6.15. The average Bonchev–Trinajstić information content (AvgIpc) is 1.77. The summed E-state index contributed by atoms with van der Waals surface area (Å²) in [6, 6.07) is 31.7. The number of aliphatic carboxylic acids is 2. The van der Waals surface area contributed by atoms with Crippen molar-refractivity contribution in [2.24, 2.45) is 0 Å². The summed E-state index contributed by atoms with van der Waals surface area (Å²) in [6.45, 7) is 5.31. The molecule has 10 rings (SSSR count). The quantitative estimate of drug-likeness (QED) is 0.0332. The van der Waals surface area contributed by atoms with Gasteiger partial charge in [-0.2, -0.15) is 5.10 Å². The SMILES string of the molecule is CCCCn1ncc(/C=C(\Cc2cc3c(cc2OC)OCO3)C(=O)O)c1-c1ccc(OC)cc1OCc1ccccc1C(=O)O.CCCOc1cncc(/C=C(\Cc2cc3c(cc2OC)OCO3)C(=O)O)c1-c1ccc(OC)cc1OCc1ccccc1CO. The number of aryl methyl sites for hydroxylation is 1. The average molecular weight is 1230 g/mol. The maximum Gasteiger partial charge on any atom is 0.336 e. The Labute approximate surface area is 519 Å². The summed E-state index contributed by atoms with van der Waals surface area (Å²) in [5, 5.41) is 44.7. The third-order valence-electron chi connectivity index (χ3n) is 14.7. The molecule has 8 aromatic rings. The van der Waals surface area contributed by atoms with Gasteiger partial charge in [-0.1, -0.05) is 62.7 Å². The van der Waals surface area contributed by atoms with E-state index in [9.17, 15) is 34.8 Å². The first-order valence-corrected chi connectivity index (χ1v) is 28.9. The summed E-state index contributed by atoms with van der Waals surface area (Å²) in [4.78, 5) is 41.4. The van der Waals surface area contributed by atoms with E-state index in [1.54, 1.807) is 112 Å². The van der Waals surface area contributed by atoms with Crippen molar-refractivity contribution in [1.29, 1.82) is 0 Å². The number of methoxy groups -OCH3 is 4. The number of carboxylic acids is 3. The number of aliphatic hydroxyl groups excluding tert-OH is 1. The number of ether oxygens (including phenoxy) is 11. The van der Waals surface area contributed by atoms with Gasteiger partial charge in [0, 0.05) is 106 Å². The first kappa shape index (κ1) is 63.8. The number of carboxylic acid groups (broad SMARTS) is 3. The van der Waals surface area contributed by atoms with Crippen LogP contribution in [0.25, 0.3) is 34.5 Å². The van der Waals surface area contributed by atoms with Gasteiger partial charge in [0.15, 0.2) is 23.0 Å². The van der Waals surface area contributed by atoms with E-state index in [2.05, 4.69) is 17.0 Å². The van der Waals surface area contributed by atoms with Crippen LogP contribution in [0.15, 0.2) is 139 Å². The fraction of sp³-hybridized carbons (Fsp3) is 0.261. The van der Waals surface area contributed by atoms with Crippen LogP contribution in [0.1, 0.15) is 82.4 Å². The van der Waals surface area contributed by atoms with Crippen LogP contribution in [0.5, 0.6) is 63.2 Å². The van der Waals surface area contributed by atoms with Crippen molar-refractivity contribution in [2.75, 3.05) is 48.6 Å². The minimum Gasteiger partial charge on any atom is -0.497 e. The van der Waals surface area contributed by atoms with Gasteiger partial charge in [0.25, 0.3) is 0 Å². The molecule has 0 fully saturated rings. The Morgan fingerprint density at radius 3 is 1.62 bits per heavy atom. The standard InChI is InChI=1S/C35H35NO9.C34H34N2O9/c1-4-11-42-33-18-36-17-26(13-25(35(38)39)12-24-14-31-32(45-21-44-31)16-29(24)41-3)34(33)28-10-9-27(40-2)15-30(28)43-20-23-8-6-5-7-22(23)19-37;1-4-5-12-36-32(27-11-10-25(41-2)16-29(27)43-19-21-8-6-7-9-26(21)34(39)40)24(18-35-36)14-23(33(37)38)13-22-15-30-31(45-20-44-30)17-28(22)42-3/h5-10,13-18,37H,4,11-12,19-21H2,1-3H3,(H,38,39);6-11,14-18H,4-5,12-13,19-20H2,1-3H3,(H,37,38)(H,39,40)/b25-13+;23-14+. The smallest absolute Gasteiger partial charge is 0.336 e. The Balaban J connectivity index is 0.000000213. The lowest BCUT2D eigenvalue weighted by molar-refractivity contribution is -0.133. The van der Waals surface area contributed by atoms with E-state index in [1.165, 1.54) is 20.3 Å². The third kappa shape index (κ3) is 15.2. The Morgan fingerprint density at radius 1 is 0.544 bits per heavy atom. The number of pyridine rings is 1. The molecule has 0 spiro atoms. The van der Waals surface area contributed by atoms with Gasteiger partial charge >= 0.3 is 17.9 Å². The van der Waals surface area contributed by atoms with Crippen LogP contribution in [0.3, 0.4) is 0 Å². The predicted molar refractivity (Wildman–Crippen MR) is 332 cm³/mol. The molecule has 0 saturated heterocycles. The van der Waals surface area contributed by atoms with Crippen LogP contribution in [-0.2, 0) is 48.8 Å². The molecule has 6 aromatic carbocycles. The molecule has 2 aliphatic rings. The van der Waals surface area contributed by atoms with Crippen LogP contribution in [0.4, 0.5) is 0 Å². The molecular formula is C69H69N3O18. The molecule has 4 heterocycles. The number of nitrogens with zero attached hydrogens (tertiary/aromatic N) is 3. The minimum atomic E-state index is -1.10. The van der Waals surface area contributed by atoms with Gasteiger partial charge in [0.1, 0.15) is 53.5 Å². The Hall–Kier alpha value is -10.7. The largest absolute Gasteiger partial charge is 0.497 e. The lowest BCUT2D eigenvalue weighted by atomic mass is 9.95. The normalized spacial score (nSPS) is 12.2. The fourth-order valence-corrected chi connectivity index (χ4v) is 10.1. The second-order valence-corrected chi connectivity index (χ2v) is 20.5. The van der Waals surface area contributed by atoms with Gasteiger partial charge in [-0.25, -0.2) is 14.4 Å². The molecule has 0 aliphatic carbocycles. The lowest BCUT2D eigenvalue weighted by Crippen LogP contribution is -2.08. The van der Waals surface area contributed by atoms with Gasteiger partial charge in [0.2, 0.25) is 13.6 Å². The van der Waals surface area contributed by atoms with Gasteiger partial charge < -0.3 is 72.5 Å². The summed E-state index contributed by atoms with van der Waals surface area (Å²) >= 11 is 0. The number of aliphatic hydroxyl groups is 1. The molecule has 2 aliphatic heterocycles. The maximum absolute atomic E-state index is 12.6. The highest BCUT2D eigenvalue weighted by Crippen LogP contribution is 2.45. The highest BCUT2D eigenvalue weighted by atomic mass is 16.7. The molecule has 0 amide bonds. The van der Waals surface area contributed by atoms with Crippen molar-refractivity contribution in [3.05, 3.63) is 183 Å². The second kappa shape index (κ2) is 30.3. The molecule has 21 heteroatoms. The fourth-order valence-electron chi connectivity index (χ4n) is 10.1. The van der Waals surface area contributed by atoms with Crippen molar-refractivity contribution in [1.82, 2.24) is 14.8 Å². The molecular weight excluding hydrogens is 1160 g/mol. The maximum atomic E-state index is 12.6. The van der Waals surface area contributed by atoms with Crippen molar-refractivity contribution in [2.45, 2.75) is 72.3 Å². The summed E-state index contributed by atoms with van der Waals surface area (Å²) in [5.41, 5.74) is 7.35. The van der Waals surface area contributed by atoms with Crippen molar-refractivity contribution >= 4 is 30.1 Å². The zero-order chi connectivity index (χ0) is 63.7.